The van der Waals surface area contributed by atoms with Crippen molar-refractivity contribution in [2.75, 3.05) is 11.9 Å². The average Bonchev–Trinajstić information content (AvgIpc) is 2.33. The van der Waals surface area contributed by atoms with Crippen molar-refractivity contribution in [1.82, 2.24) is 0 Å². The Bertz CT molecular complexity index is 536. The molecule has 2 N–H and O–H groups in total. The average molecular weight is 271 g/mol. The van der Waals surface area contributed by atoms with E-state index < -0.39 is 0 Å². The summed E-state index contributed by atoms with van der Waals surface area (Å²) in [5, 5.41) is 11.7. The normalized spacial score (nSPS) is 14.1. The molecule has 0 heterocycles. The number of aliphatic hydroxyl groups is 1. The van der Waals surface area contributed by atoms with Crippen LogP contribution in [0, 0.1) is 24.7 Å². The number of hydrogen-bond acceptors (Lipinski definition) is 2. The minimum atomic E-state index is 0.0732. The molecule has 0 aromatic heterocycles. The Labute approximate surface area is 120 Å². The number of hydrogen-bond donors (Lipinski definition) is 2. The molecule has 0 atom stereocenters. The zero-order valence-electron chi connectivity index (χ0n) is 11.9. The molecule has 3 nitrogen and oxygen atoms in total. The lowest BCUT2D eigenvalue weighted by Gasteiger charge is -2.24. The number of nitrogens with one attached hydrogen (secondary N) is 1. The summed E-state index contributed by atoms with van der Waals surface area (Å²) in [5.74, 6) is 6.56. The van der Waals surface area contributed by atoms with E-state index in [2.05, 4.69) is 17.2 Å². The van der Waals surface area contributed by atoms with Crippen molar-refractivity contribution in [3.8, 4) is 11.8 Å². The highest BCUT2D eigenvalue weighted by Crippen LogP contribution is 2.29. The Balaban J connectivity index is 1.99. The number of amides is 1. The van der Waals surface area contributed by atoms with Crippen LogP contribution in [0.25, 0.3) is 0 Å². The molecular weight excluding hydrogens is 250 g/mol. The molecule has 2 rings (SSSR count). The van der Waals surface area contributed by atoms with Crippen molar-refractivity contribution in [2.24, 2.45) is 5.92 Å². The van der Waals surface area contributed by atoms with Crippen LogP contribution < -0.4 is 5.32 Å². The van der Waals surface area contributed by atoms with Crippen molar-refractivity contribution < 1.29 is 9.90 Å². The van der Waals surface area contributed by atoms with Crippen LogP contribution in [0.3, 0.4) is 0 Å². The number of carbonyl (C=O) groups is 1. The summed E-state index contributed by atoms with van der Waals surface area (Å²) >= 11 is 0. The Morgan fingerprint density at radius 3 is 2.85 bits per heavy atom. The quantitative estimate of drug-likeness (QED) is 0.827. The number of carbonyl (C=O) groups excluding carboxylic acids is 1. The zero-order valence-corrected chi connectivity index (χ0v) is 11.9. The van der Waals surface area contributed by atoms with Gasteiger partial charge in [0.25, 0.3) is 0 Å². The zero-order chi connectivity index (χ0) is 14.4. The minimum Gasteiger partial charge on any atom is -0.395 e. The summed E-state index contributed by atoms with van der Waals surface area (Å²) in [4.78, 5) is 11.9. The summed E-state index contributed by atoms with van der Waals surface area (Å²) in [6.07, 6.45) is 4.71. The van der Waals surface area contributed by atoms with Crippen LogP contribution in [0.1, 0.15) is 43.2 Å². The van der Waals surface area contributed by atoms with Gasteiger partial charge in [-0.2, -0.15) is 0 Å². The van der Waals surface area contributed by atoms with Gasteiger partial charge in [0.2, 0.25) is 5.91 Å². The van der Waals surface area contributed by atoms with Crippen molar-refractivity contribution in [2.45, 2.75) is 39.0 Å². The van der Waals surface area contributed by atoms with Crippen LogP contribution in [-0.4, -0.2) is 17.6 Å². The molecule has 0 bridgehead atoms. The molecule has 0 spiro atoms. The van der Waals surface area contributed by atoms with E-state index in [4.69, 9.17) is 5.11 Å². The predicted octanol–water partition coefficient (Wildman–Crippen LogP) is 2.86. The van der Waals surface area contributed by atoms with Gasteiger partial charge in [-0.25, -0.2) is 0 Å². The van der Waals surface area contributed by atoms with Gasteiger partial charge in [0.05, 0.1) is 6.61 Å². The van der Waals surface area contributed by atoms with Gasteiger partial charge in [0, 0.05) is 24.1 Å². The van der Waals surface area contributed by atoms with Crippen LogP contribution in [0.4, 0.5) is 5.69 Å². The van der Waals surface area contributed by atoms with Gasteiger partial charge >= 0.3 is 0 Å². The highest BCUT2D eigenvalue weighted by molar-refractivity contribution is 5.91. The molecule has 1 saturated carbocycles. The fourth-order valence-electron chi connectivity index (χ4n) is 2.32. The molecule has 20 heavy (non-hydrogen) atoms. The van der Waals surface area contributed by atoms with Gasteiger partial charge in [0.1, 0.15) is 0 Å². The minimum absolute atomic E-state index is 0.0732. The fourth-order valence-corrected chi connectivity index (χ4v) is 2.32. The van der Waals surface area contributed by atoms with Crippen molar-refractivity contribution in [3.63, 3.8) is 0 Å². The maximum absolute atomic E-state index is 11.9. The van der Waals surface area contributed by atoms with Gasteiger partial charge in [-0.05, 0) is 49.4 Å². The van der Waals surface area contributed by atoms with Gasteiger partial charge < -0.3 is 10.4 Å². The molecule has 0 aliphatic heterocycles. The van der Waals surface area contributed by atoms with Gasteiger partial charge in [-0.3, -0.25) is 4.79 Å². The van der Waals surface area contributed by atoms with E-state index >= 15 is 0 Å². The first kappa shape index (κ1) is 14.6. The van der Waals surface area contributed by atoms with E-state index in [-0.39, 0.29) is 12.5 Å². The van der Waals surface area contributed by atoms with Gasteiger partial charge in [-0.15, -0.1) is 0 Å². The van der Waals surface area contributed by atoms with E-state index in [0.29, 0.717) is 18.8 Å². The van der Waals surface area contributed by atoms with Crippen LogP contribution in [0.15, 0.2) is 18.2 Å². The number of anilines is 1. The smallest absolute Gasteiger partial charge is 0.224 e. The fraction of sp³-hybridized carbons (Fsp3) is 0.471. The van der Waals surface area contributed by atoms with Crippen molar-refractivity contribution in [3.05, 3.63) is 29.3 Å². The second-order valence-corrected chi connectivity index (χ2v) is 5.41. The molecule has 1 amide bonds. The number of aliphatic hydroxyl groups excluding tert-OH is 1. The molecule has 1 aliphatic rings. The Kier molecular flexibility index (Phi) is 5.20. The predicted molar refractivity (Wildman–Crippen MR) is 80.3 cm³/mol. The Hall–Kier alpha value is -1.79. The van der Waals surface area contributed by atoms with E-state index in [1.807, 2.05) is 25.1 Å². The largest absolute Gasteiger partial charge is 0.395 e. The third-order valence-electron chi connectivity index (χ3n) is 3.53. The van der Waals surface area contributed by atoms with Crippen LogP contribution in [-0.2, 0) is 4.79 Å². The standard InChI is InChI=1S/C17H21NO2/c1-13-9-15(5-2-3-8-19)11-16(10-13)18-17(20)12-14-6-4-7-14/h9-11,14,19H,3-4,6-8,12H2,1H3,(H,18,20). The summed E-state index contributed by atoms with van der Waals surface area (Å²) in [6.45, 7) is 2.06. The van der Waals surface area contributed by atoms with Crippen molar-refractivity contribution >= 4 is 11.6 Å². The van der Waals surface area contributed by atoms with E-state index in [1.165, 1.54) is 19.3 Å². The lowest BCUT2D eigenvalue weighted by Crippen LogP contribution is -2.20. The molecule has 1 aliphatic carbocycles. The topological polar surface area (TPSA) is 49.3 Å². The van der Waals surface area contributed by atoms with Crippen LogP contribution in [0.5, 0.6) is 0 Å². The summed E-state index contributed by atoms with van der Waals surface area (Å²) in [6, 6.07) is 5.82. The first-order valence-corrected chi connectivity index (χ1v) is 7.18. The molecular formula is C17H21NO2. The van der Waals surface area contributed by atoms with Crippen molar-refractivity contribution in [1.29, 1.82) is 0 Å². The monoisotopic (exact) mass is 271 g/mol. The molecule has 0 unspecified atom stereocenters. The molecule has 3 heteroatoms. The SMILES string of the molecule is Cc1cc(C#CCCO)cc(NC(=O)CC2CCC2)c1. The third kappa shape index (κ3) is 4.40. The molecule has 0 radical (unpaired) electrons. The van der Waals surface area contributed by atoms with Crippen LogP contribution in [0.2, 0.25) is 0 Å². The molecule has 106 valence electrons. The molecule has 1 aromatic carbocycles. The van der Waals surface area contributed by atoms with E-state index in [1.54, 1.807) is 0 Å². The van der Waals surface area contributed by atoms with Crippen LogP contribution >= 0.6 is 0 Å². The molecule has 1 aromatic rings. The van der Waals surface area contributed by atoms with E-state index in [9.17, 15) is 4.79 Å². The second-order valence-electron chi connectivity index (χ2n) is 5.41. The summed E-state index contributed by atoms with van der Waals surface area (Å²) in [7, 11) is 0. The lowest BCUT2D eigenvalue weighted by atomic mass is 9.83. The number of benzene rings is 1. The Morgan fingerprint density at radius 2 is 2.20 bits per heavy atom. The van der Waals surface area contributed by atoms with Gasteiger partial charge in [-0.1, -0.05) is 18.3 Å². The lowest BCUT2D eigenvalue weighted by molar-refractivity contribution is -0.117. The number of rotatable bonds is 4. The maximum Gasteiger partial charge on any atom is 0.224 e. The second kappa shape index (κ2) is 7.12. The maximum atomic E-state index is 11.9. The van der Waals surface area contributed by atoms with E-state index in [0.717, 1.165) is 16.8 Å². The summed E-state index contributed by atoms with van der Waals surface area (Å²) < 4.78 is 0. The first-order chi connectivity index (χ1) is 9.67. The Morgan fingerprint density at radius 1 is 1.40 bits per heavy atom. The highest BCUT2D eigenvalue weighted by Gasteiger charge is 2.20. The third-order valence-corrected chi connectivity index (χ3v) is 3.53. The summed E-state index contributed by atoms with van der Waals surface area (Å²) in [5.41, 5.74) is 2.75. The number of aryl methyl sites for hydroxylation is 1. The van der Waals surface area contributed by atoms with Gasteiger partial charge in [0.15, 0.2) is 0 Å². The molecule has 0 saturated heterocycles. The molecule has 1 fully saturated rings. The first-order valence-electron chi connectivity index (χ1n) is 7.18. The highest BCUT2D eigenvalue weighted by atomic mass is 16.2.